The van der Waals surface area contributed by atoms with E-state index >= 15 is 0 Å². The van der Waals surface area contributed by atoms with Crippen LogP contribution in [0.3, 0.4) is 0 Å². The van der Waals surface area contributed by atoms with Crippen molar-refractivity contribution in [3.63, 3.8) is 0 Å². The Hall–Kier alpha value is -2.04. The average Bonchev–Trinajstić information content (AvgIpc) is 2.50. The number of benzene rings is 1. The van der Waals surface area contributed by atoms with Gasteiger partial charge < -0.3 is 14.8 Å². The average molecular weight is 335 g/mol. The predicted molar refractivity (Wildman–Crippen MR) is 93.8 cm³/mol. The number of unbranched alkanes of at least 4 members (excludes halogenated alkanes) is 1. The predicted octanol–water partition coefficient (Wildman–Crippen LogP) is 3.86. The maximum Gasteiger partial charge on any atom is 0.408 e. The summed E-state index contributed by atoms with van der Waals surface area (Å²) >= 11 is 0. The van der Waals surface area contributed by atoms with Crippen molar-refractivity contribution >= 4 is 12.1 Å². The van der Waals surface area contributed by atoms with Crippen LogP contribution >= 0.6 is 0 Å². The second-order valence-electron chi connectivity index (χ2n) is 6.74. The van der Waals surface area contributed by atoms with Crippen molar-refractivity contribution in [2.24, 2.45) is 0 Å². The summed E-state index contributed by atoms with van der Waals surface area (Å²) in [5.74, 6) is -0.412. The number of alkyl carbamates (subject to hydrolysis) is 1. The molecule has 0 aliphatic heterocycles. The highest BCUT2D eigenvalue weighted by atomic mass is 16.6. The number of carbonyl (C=O) groups is 2. The fourth-order valence-electron chi connectivity index (χ4n) is 2.07. The first kappa shape index (κ1) is 20.0. The molecule has 1 amide bonds. The van der Waals surface area contributed by atoms with Gasteiger partial charge in [0.2, 0.25) is 0 Å². The zero-order chi connectivity index (χ0) is 18.0. The summed E-state index contributed by atoms with van der Waals surface area (Å²) in [7, 11) is 0. The van der Waals surface area contributed by atoms with Gasteiger partial charge in [0.15, 0.2) is 0 Å². The van der Waals surface area contributed by atoms with Crippen LogP contribution in [0.25, 0.3) is 0 Å². The minimum atomic E-state index is -0.711. The summed E-state index contributed by atoms with van der Waals surface area (Å²) in [6, 6.07) is 9.12. The quantitative estimate of drug-likeness (QED) is 0.579. The van der Waals surface area contributed by atoms with Gasteiger partial charge in [0, 0.05) is 0 Å². The van der Waals surface area contributed by atoms with Gasteiger partial charge in [-0.25, -0.2) is 9.59 Å². The van der Waals surface area contributed by atoms with Gasteiger partial charge in [-0.1, -0.05) is 43.7 Å². The monoisotopic (exact) mass is 335 g/mol. The van der Waals surface area contributed by atoms with E-state index in [-0.39, 0.29) is 0 Å². The topological polar surface area (TPSA) is 64.6 Å². The fourth-order valence-corrected chi connectivity index (χ4v) is 2.07. The molecule has 0 bridgehead atoms. The van der Waals surface area contributed by atoms with Crippen LogP contribution in [0, 0.1) is 0 Å². The highest BCUT2D eigenvalue weighted by Crippen LogP contribution is 2.10. The van der Waals surface area contributed by atoms with Crippen molar-refractivity contribution in [3.8, 4) is 0 Å². The first-order valence-corrected chi connectivity index (χ1v) is 8.52. The molecule has 24 heavy (non-hydrogen) atoms. The number of amides is 1. The second-order valence-corrected chi connectivity index (χ2v) is 6.74. The normalized spacial score (nSPS) is 12.3. The molecule has 1 aromatic rings. The lowest BCUT2D eigenvalue weighted by Crippen LogP contribution is -2.44. The van der Waals surface area contributed by atoms with E-state index in [0.29, 0.717) is 19.4 Å². The molecule has 134 valence electrons. The molecule has 1 atom stereocenters. The number of hydrogen-bond donors (Lipinski definition) is 1. The largest absolute Gasteiger partial charge is 0.464 e. The van der Waals surface area contributed by atoms with Gasteiger partial charge in [-0.3, -0.25) is 0 Å². The molecule has 0 saturated heterocycles. The Labute approximate surface area is 144 Å². The van der Waals surface area contributed by atoms with Crippen LogP contribution in [0.4, 0.5) is 4.79 Å². The molecule has 0 heterocycles. The van der Waals surface area contributed by atoms with Crippen LogP contribution in [0.15, 0.2) is 30.3 Å². The van der Waals surface area contributed by atoms with Gasteiger partial charge in [-0.15, -0.1) is 0 Å². The summed E-state index contributed by atoms with van der Waals surface area (Å²) < 4.78 is 10.5. The molecule has 0 aromatic heterocycles. The van der Waals surface area contributed by atoms with Gasteiger partial charge in [0.1, 0.15) is 11.6 Å². The molecule has 1 rings (SSSR count). The Bertz CT molecular complexity index is 508. The number of esters is 1. The Morgan fingerprint density at radius 2 is 1.83 bits per heavy atom. The summed E-state index contributed by atoms with van der Waals surface area (Å²) in [6.45, 7) is 7.74. The zero-order valence-corrected chi connectivity index (χ0v) is 15.1. The van der Waals surface area contributed by atoms with Crippen LogP contribution in [0.2, 0.25) is 0 Å². The maximum absolute atomic E-state index is 12.2. The number of carbonyl (C=O) groups excluding carboxylic acids is 2. The molecular weight excluding hydrogens is 306 g/mol. The standard InChI is InChI=1S/C19H29NO4/c1-5-6-14-23-17(21)16(20-18(22)24-19(2,3)4)13-12-15-10-8-7-9-11-15/h7-11,16H,5-6,12-14H2,1-4H3,(H,20,22). The summed E-state index contributed by atoms with van der Waals surface area (Å²) in [5, 5.41) is 2.63. The maximum atomic E-state index is 12.2. The number of rotatable bonds is 8. The molecule has 1 aromatic carbocycles. The van der Waals surface area contributed by atoms with Gasteiger partial charge in [0.25, 0.3) is 0 Å². The van der Waals surface area contributed by atoms with E-state index in [1.807, 2.05) is 37.3 Å². The number of ether oxygens (including phenoxy) is 2. The lowest BCUT2D eigenvalue weighted by Gasteiger charge is -2.23. The zero-order valence-electron chi connectivity index (χ0n) is 15.1. The molecular formula is C19H29NO4. The molecule has 1 unspecified atom stereocenters. The molecule has 5 nitrogen and oxygen atoms in total. The van der Waals surface area contributed by atoms with Gasteiger partial charge in [-0.05, 0) is 45.6 Å². The van der Waals surface area contributed by atoms with E-state index in [9.17, 15) is 9.59 Å². The smallest absolute Gasteiger partial charge is 0.408 e. The van der Waals surface area contributed by atoms with Crippen LogP contribution in [0.5, 0.6) is 0 Å². The van der Waals surface area contributed by atoms with Crippen LogP contribution in [-0.4, -0.2) is 30.3 Å². The summed E-state index contributed by atoms with van der Waals surface area (Å²) in [5.41, 5.74) is 0.495. The number of aryl methyl sites for hydroxylation is 1. The van der Waals surface area contributed by atoms with E-state index in [1.54, 1.807) is 20.8 Å². The Balaban J connectivity index is 2.63. The van der Waals surface area contributed by atoms with Gasteiger partial charge in [-0.2, -0.15) is 0 Å². The van der Waals surface area contributed by atoms with Crippen LogP contribution < -0.4 is 5.32 Å². The van der Waals surface area contributed by atoms with Crippen LogP contribution in [0.1, 0.15) is 52.5 Å². The molecule has 0 aliphatic rings. The van der Waals surface area contributed by atoms with E-state index in [2.05, 4.69) is 5.32 Å². The fraction of sp³-hybridized carbons (Fsp3) is 0.579. The van der Waals surface area contributed by atoms with E-state index in [0.717, 1.165) is 18.4 Å². The molecule has 0 fully saturated rings. The summed E-state index contributed by atoms with van der Waals surface area (Å²) in [4.78, 5) is 24.2. The van der Waals surface area contributed by atoms with Crippen molar-refractivity contribution < 1.29 is 19.1 Å². The molecule has 1 N–H and O–H groups in total. The van der Waals surface area contributed by atoms with Crippen molar-refractivity contribution in [3.05, 3.63) is 35.9 Å². The number of nitrogens with one attached hydrogen (secondary N) is 1. The van der Waals surface area contributed by atoms with Crippen LogP contribution in [-0.2, 0) is 20.7 Å². The first-order valence-electron chi connectivity index (χ1n) is 8.52. The lowest BCUT2D eigenvalue weighted by atomic mass is 10.1. The third-order valence-electron chi connectivity index (χ3n) is 3.28. The van der Waals surface area contributed by atoms with E-state index in [1.165, 1.54) is 0 Å². The van der Waals surface area contributed by atoms with Crippen molar-refractivity contribution in [2.75, 3.05) is 6.61 Å². The van der Waals surface area contributed by atoms with Crippen molar-refractivity contribution in [1.82, 2.24) is 5.32 Å². The number of hydrogen-bond acceptors (Lipinski definition) is 4. The molecule has 5 heteroatoms. The SMILES string of the molecule is CCCCOC(=O)C(CCc1ccccc1)NC(=O)OC(C)(C)C. The third kappa shape index (κ3) is 8.56. The minimum absolute atomic E-state index is 0.368. The molecule has 0 radical (unpaired) electrons. The Morgan fingerprint density at radius 3 is 2.42 bits per heavy atom. The molecule has 0 aliphatic carbocycles. The lowest BCUT2D eigenvalue weighted by molar-refractivity contribution is -0.146. The third-order valence-corrected chi connectivity index (χ3v) is 3.28. The Kier molecular flexibility index (Phi) is 8.30. The highest BCUT2D eigenvalue weighted by Gasteiger charge is 2.25. The van der Waals surface area contributed by atoms with E-state index in [4.69, 9.17) is 9.47 Å². The molecule has 0 spiro atoms. The van der Waals surface area contributed by atoms with E-state index < -0.39 is 23.7 Å². The molecule has 0 saturated carbocycles. The van der Waals surface area contributed by atoms with Crippen molar-refractivity contribution in [1.29, 1.82) is 0 Å². The second kappa shape index (κ2) is 9.96. The van der Waals surface area contributed by atoms with Gasteiger partial charge in [0.05, 0.1) is 6.61 Å². The first-order chi connectivity index (χ1) is 11.3. The Morgan fingerprint density at radius 1 is 1.17 bits per heavy atom. The minimum Gasteiger partial charge on any atom is -0.464 e. The highest BCUT2D eigenvalue weighted by molar-refractivity contribution is 5.81. The van der Waals surface area contributed by atoms with Gasteiger partial charge >= 0.3 is 12.1 Å². The van der Waals surface area contributed by atoms with Crippen molar-refractivity contribution in [2.45, 2.75) is 65.0 Å². The summed E-state index contributed by atoms with van der Waals surface area (Å²) in [6.07, 6.45) is 2.29.